The molecule has 182 valence electrons. The van der Waals surface area contributed by atoms with Crippen LogP contribution in [0.4, 0.5) is 5.69 Å². The minimum atomic E-state index is -1.20. The Morgan fingerprint density at radius 2 is 1.36 bits per heavy atom. The molecule has 0 heterocycles. The maximum atomic E-state index is 12.5. The van der Waals surface area contributed by atoms with Crippen molar-refractivity contribution in [2.45, 2.75) is 12.2 Å². The summed E-state index contributed by atoms with van der Waals surface area (Å²) in [6, 6.07) is 3.72. The first-order valence-corrected chi connectivity index (χ1v) is 9.59. The van der Waals surface area contributed by atoms with Crippen molar-refractivity contribution >= 4 is 29.4 Å². The molecule has 2 amide bonds. The van der Waals surface area contributed by atoms with Crippen LogP contribution in [0.5, 0.6) is 0 Å². The van der Waals surface area contributed by atoms with Crippen molar-refractivity contribution in [2.75, 3.05) is 45.8 Å². The van der Waals surface area contributed by atoms with Crippen LogP contribution in [0.3, 0.4) is 0 Å². The molecular weight excluding hydrogens is 442 g/mol. The zero-order chi connectivity index (χ0) is 25.0. The van der Waals surface area contributed by atoms with Crippen LogP contribution >= 0.6 is 0 Å². The summed E-state index contributed by atoms with van der Waals surface area (Å²) >= 11 is 0. The van der Waals surface area contributed by atoms with E-state index in [-0.39, 0.29) is 35.6 Å². The summed E-state index contributed by atoms with van der Waals surface area (Å²) in [5, 5.41) is 43.9. The SMILES string of the molecule is COC(=O)/C=C(/Nc1cc(C(=O)NCC(O)CO)cc(C(=O)NCC(O)CO)c1)C(=O)OC. The zero-order valence-corrected chi connectivity index (χ0v) is 18.0. The topological polar surface area (TPSA) is 204 Å². The van der Waals surface area contributed by atoms with E-state index in [2.05, 4.69) is 25.4 Å². The average molecular weight is 469 g/mol. The van der Waals surface area contributed by atoms with Gasteiger partial charge in [0.25, 0.3) is 11.8 Å². The number of anilines is 1. The monoisotopic (exact) mass is 469 g/mol. The van der Waals surface area contributed by atoms with Gasteiger partial charge in [-0.25, -0.2) is 9.59 Å². The van der Waals surface area contributed by atoms with Gasteiger partial charge in [0.1, 0.15) is 5.70 Å². The van der Waals surface area contributed by atoms with E-state index in [0.29, 0.717) is 0 Å². The highest BCUT2D eigenvalue weighted by Crippen LogP contribution is 2.18. The first-order valence-electron chi connectivity index (χ1n) is 9.59. The molecule has 2 atom stereocenters. The molecule has 7 N–H and O–H groups in total. The normalized spacial score (nSPS) is 12.8. The number of esters is 2. The number of ether oxygens (including phenoxy) is 2. The minimum absolute atomic E-state index is 0.0405. The fourth-order valence-corrected chi connectivity index (χ4v) is 2.30. The molecule has 0 fully saturated rings. The minimum Gasteiger partial charge on any atom is -0.466 e. The molecule has 0 aliphatic heterocycles. The predicted octanol–water partition coefficient (Wildman–Crippen LogP) is -2.51. The van der Waals surface area contributed by atoms with Gasteiger partial charge in [0.05, 0.1) is 45.7 Å². The Morgan fingerprint density at radius 3 is 1.76 bits per heavy atom. The van der Waals surface area contributed by atoms with Crippen molar-refractivity contribution in [1.29, 1.82) is 0 Å². The zero-order valence-electron chi connectivity index (χ0n) is 18.0. The highest BCUT2D eigenvalue weighted by atomic mass is 16.5. The molecule has 1 rings (SSSR count). The number of benzene rings is 1. The molecule has 0 saturated heterocycles. The number of nitrogens with one attached hydrogen (secondary N) is 3. The third kappa shape index (κ3) is 9.24. The molecule has 0 bridgehead atoms. The van der Waals surface area contributed by atoms with Crippen LogP contribution in [0.25, 0.3) is 0 Å². The summed E-state index contributed by atoms with van der Waals surface area (Å²) in [4.78, 5) is 48.6. The number of rotatable bonds is 12. The Labute approximate surface area is 189 Å². The number of aliphatic hydroxyl groups excluding tert-OH is 4. The van der Waals surface area contributed by atoms with Gasteiger partial charge in [-0.05, 0) is 18.2 Å². The Bertz CT molecular complexity index is 843. The van der Waals surface area contributed by atoms with Crippen LogP contribution in [-0.4, -0.2) is 96.9 Å². The van der Waals surface area contributed by atoms with Crippen LogP contribution in [-0.2, 0) is 19.1 Å². The van der Waals surface area contributed by atoms with Crippen molar-refractivity contribution < 1.29 is 49.1 Å². The van der Waals surface area contributed by atoms with Gasteiger partial charge in [-0.1, -0.05) is 0 Å². The van der Waals surface area contributed by atoms with Gasteiger partial charge in [-0.3, -0.25) is 9.59 Å². The number of aliphatic hydroxyl groups is 4. The number of methoxy groups -OCH3 is 2. The van der Waals surface area contributed by atoms with Crippen molar-refractivity contribution in [3.05, 3.63) is 41.1 Å². The van der Waals surface area contributed by atoms with E-state index in [1.807, 2.05) is 0 Å². The lowest BCUT2D eigenvalue weighted by atomic mass is 10.1. The van der Waals surface area contributed by atoms with E-state index in [4.69, 9.17) is 10.2 Å². The van der Waals surface area contributed by atoms with Crippen LogP contribution in [0.2, 0.25) is 0 Å². The largest absolute Gasteiger partial charge is 0.466 e. The van der Waals surface area contributed by atoms with E-state index >= 15 is 0 Å². The fourth-order valence-electron chi connectivity index (χ4n) is 2.30. The van der Waals surface area contributed by atoms with E-state index in [9.17, 15) is 29.4 Å². The van der Waals surface area contributed by atoms with E-state index < -0.39 is 49.2 Å². The maximum Gasteiger partial charge on any atom is 0.354 e. The summed E-state index contributed by atoms with van der Waals surface area (Å²) in [5.74, 6) is -3.23. The molecule has 0 aliphatic carbocycles. The molecular formula is C20H27N3O10. The van der Waals surface area contributed by atoms with Crippen LogP contribution < -0.4 is 16.0 Å². The number of carbonyl (C=O) groups excluding carboxylic acids is 4. The van der Waals surface area contributed by atoms with Gasteiger partial charge < -0.3 is 45.9 Å². The highest BCUT2D eigenvalue weighted by molar-refractivity contribution is 6.03. The first kappa shape index (κ1) is 27.5. The predicted molar refractivity (Wildman–Crippen MR) is 113 cm³/mol. The second-order valence-corrected chi connectivity index (χ2v) is 6.59. The summed E-state index contributed by atoms with van der Waals surface area (Å²) in [6.07, 6.45) is -1.59. The second kappa shape index (κ2) is 13.8. The molecule has 0 spiro atoms. The van der Waals surface area contributed by atoms with Crippen molar-refractivity contribution in [1.82, 2.24) is 10.6 Å². The van der Waals surface area contributed by atoms with Gasteiger partial charge in [0.2, 0.25) is 0 Å². The summed E-state index contributed by atoms with van der Waals surface area (Å²) in [5.41, 5.74) is -0.445. The lowest BCUT2D eigenvalue weighted by Crippen LogP contribution is -2.35. The molecule has 0 aliphatic rings. The quantitative estimate of drug-likeness (QED) is 0.126. The summed E-state index contributed by atoms with van der Waals surface area (Å²) in [7, 11) is 2.18. The number of amides is 2. The molecule has 0 radical (unpaired) electrons. The van der Waals surface area contributed by atoms with Crippen molar-refractivity contribution in [3.63, 3.8) is 0 Å². The maximum absolute atomic E-state index is 12.5. The number of hydrogen-bond donors (Lipinski definition) is 7. The van der Waals surface area contributed by atoms with Gasteiger partial charge >= 0.3 is 11.9 Å². The third-order valence-electron chi connectivity index (χ3n) is 4.02. The number of carbonyl (C=O) groups is 4. The molecule has 0 saturated carbocycles. The molecule has 13 heteroatoms. The lowest BCUT2D eigenvalue weighted by Gasteiger charge is -2.15. The Morgan fingerprint density at radius 1 is 0.879 bits per heavy atom. The standard InChI is InChI=1S/C20H27N3O10/c1-32-17(28)6-16(20(31)33-2)23-13-4-11(18(29)21-7-14(26)9-24)3-12(5-13)19(30)22-8-15(27)10-25/h3-6,14-15,23-27H,7-10H2,1-2H3,(H,21,29)(H,22,30)/b16-6+. The molecule has 1 aromatic rings. The van der Waals surface area contributed by atoms with Gasteiger partial charge in [-0.15, -0.1) is 0 Å². The van der Waals surface area contributed by atoms with E-state index in [0.717, 1.165) is 20.3 Å². The van der Waals surface area contributed by atoms with Gasteiger partial charge in [0, 0.05) is 29.9 Å². The Balaban J connectivity index is 3.32. The molecule has 13 nitrogen and oxygen atoms in total. The van der Waals surface area contributed by atoms with Crippen LogP contribution in [0.1, 0.15) is 20.7 Å². The summed E-state index contributed by atoms with van der Waals surface area (Å²) < 4.78 is 9.09. The van der Waals surface area contributed by atoms with Crippen molar-refractivity contribution in [3.8, 4) is 0 Å². The first-order chi connectivity index (χ1) is 15.6. The second-order valence-electron chi connectivity index (χ2n) is 6.59. The molecule has 2 unspecified atom stereocenters. The van der Waals surface area contributed by atoms with Gasteiger partial charge in [0.15, 0.2) is 0 Å². The van der Waals surface area contributed by atoms with Crippen molar-refractivity contribution in [2.24, 2.45) is 0 Å². The fraction of sp³-hybridized carbons (Fsp3) is 0.400. The van der Waals surface area contributed by atoms with Gasteiger partial charge in [-0.2, -0.15) is 0 Å². The highest BCUT2D eigenvalue weighted by Gasteiger charge is 2.18. The van der Waals surface area contributed by atoms with E-state index in [1.54, 1.807) is 0 Å². The molecule has 1 aromatic carbocycles. The smallest absolute Gasteiger partial charge is 0.354 e. The molecule has 0 aromatic heterocycles. The summed E-state index contributed by atoms with van der Waals surface area (Å²) in [6.45, 7) is -1.70. The molecule has 33 heavy (non-hydrogen) atoms. The van der Waals surface area contributed by atoms with Crippen LogP contribution in [0.15, 0.2) is 30.0 Å². The Hall–Kier alpha value is -3.52. The number of hydrogen-bond acceptors (Lipinski definition) is 11. The lowest BCUT2D eigenvalue weighted by molar-refractivity contribution is -0.138. The van der Waals surface area contributed by atoms with E-state index in [1.165, 1.54) is 18.2 Å². The van der Waals surface area contributed by atoms with Crippen LogP contribution in [0, 0.1) is 0 Å². The average Bonchev–Trinajstić information content (AvgIpc) is 2.83. The Kier molecular flexibility index (Phi) is 11.5. The third-order valence-corrected chi connectivity index (χ3v) is 4.02.